The van der Waals surface area contributed by atoms with E-state index in [-0.39, 0.29) is 0 Å². The van der Waals surface area contributed by atoms with E-state index in [1.54, 1.807) is 6.07 Å². The number of fused-ring (bicyclic) bond motifs is 1. The van der Waals surface area contributed by atoms with E-state index >= 15 is 0 Å². The first-order valence-corrected chi connectivity index (χ1v) is 7.64. The van der Waals surface area contributed by atoms with Gasteiger partial charge in [0.15, 0.2) is 0 Å². The molecule has 0 amide bonds. The molecule has 0 aliphatic carbocycles. The van der Waals surface area contributed by atoms with Gasteiger partial charge in [0.2, 0.25) is 0 Å². The van der Waals surface area contributed by atoms with E-state index < -0.39 is 7.12 Å². The maximum absolute atomic E-state index is 9.47. The SMILES string of the molecule is OB(O)c1ccccc1CN1CCCN2CCCC2C1. The first kappa shape index (κ1) is 14.1. The third kappa shape index (κ3) is 3.06. The summed E-state index contributed by atoms with van der Waals surface area (Å²) in [5.41, 5.74) is 1.67. The fraction of sp³-hybridized carbons (Fsp3) is 0.600. The molecule has 0 saturated carbocycles. The molecule has 2 fully saturated rings. The molecule has 1 unspecified atom stereocenters. The second-order valence-corrected chi connectivity index (χ2v) is 5.99. The molecule has 0 spiro atoms. The van der Waals surface area contributed by atoms with E-state index in [1.165, 1.54) is 32.4 Å². The van der Waals surface area contributed by atoms with Crippen LogP contribution < -0.4 is 5.46 Å². The van der Waals surface area contributed by atoms with Gasteiger partial charge in [0.25, 0.3) is 0 Å². The lowest BCUT2D eigenvalue weighted by Gasteiger charge is -2.26. The van der Waals surface area contributed by atoms with E-state index in [9.17, 15) is 10.0 Å². The average molecular weight is 274 g/mol. The predicted molar refractivity (Wildman–Crippen MR) is 80.8 cm³/mol. The molecule has 2 N–H and O–H groups in total. The summed E-state index contributed by atoms with van der Waals surface area (Å²) < 4.78 is 0. The molecule has 5 heteroatoms. The summed E-state index contributed by atoms with van der Waals surface area (Å²) in [7, 11) is -1.37. The summed E-state index contributed by atoms with van der Waals surface area (Å²) in [6, 6.07) is 8.34. The fourth-order valence-corrected chi connectivity index (χ4v) is 3.60. The van der Waals surface area contributed by atoms with Crippen molar-refractivity contribution in [1.82, 2.24) is 9.80 Å². The van der Waals surface area contributed by atoms with Crippen LogP contribution in [0.15, 0.2) is 24.3 Å². The standard InChI is InChI=1S/C15H23BN2O2/c19-16(20)15-7-2-1-5-13(15)11-17-8-4-10-18-9-3-6-14(18)12-17/h1-2,5,7,14,19-20H,3-4,6,8-12H2. The highest BCUT2D eigenvalue weighted by atomic mass is 16.4. The van der Waals surface area contributed by atoms with Gasteiger partial charge in [-0.1, -0.05) is 24.3 Å². The third-order valence-electron chi connectivity index (χ3n) is 4.61. The van der Waals surface area contributed by atoms with Crippen LogP contribution in [0.25, 0.3) is 0 Å². The Labute approximate surface area is 121 Å². The van der Waals surface area contributed by atoms with Gasteiger partial charge < -0.3 is 10.0 Å². The van der Waals surface area contributed by atoms with Gasteiger partial charge >= 0.3 is 7.12 Å². The lowest BCUT2D eigenvalue weighted by atomic mass is 9.77. The van der Waals surface area contributed by atoms with Crippen molar-refractivity contribution in [1.29, 1.82) is 0 Å². The van der Waals surface area contributed by atoms with Gasteiger partial charge in [-0.05, 0) is 49.9 Å². The van der Waals surface area contributed by atoms with Crippen LogP contribution >= 0.6 is 0 Å². The number of hydrogen-bond donors (Lipinski definition) is 2. The monoisotopic (exact) mass is 274 g/mol. The van der Waals surface area contributed by atoms with Crippen LogP contribution in [0.3, 0.4) is 0 Å². The minimum absolute atomic E-state index is 0.639. The molecule has 1 aromatic rings. The zero-order valence-electron chi connectivity index (χ0n) is 11.9. The molecule has 0 aromatic heterocycles. The number of hydrogen-bond acceptors (Lipinski definition) is 4. The Bertz CT molecular complexity index is 455. The molecule has 1 aromatic carbocycles. The second-order valence-electron chi connectivity index (χ2n) is 5.99. The zero-order chi connectivity index (χ0) is 13.9. The summed E-state index contributed by atoms with van der Waals surface area (Å²) in [4.78, 5) is 5.09. The van der Waals surface area contributed by atoms with Crippen LogP contribution in [0.5, 0.6) is 0 Å². The van der Waals surface area contributed by atoms with Crippen molar-refractivity contribution in [2.45, 2.75) is 31.8 Å². The van der Waals surface area contributed by atoms with Crippen LogP contribution in [0, 0.1) is 0 Å². The third-order valence-corrected chi connectivity index (χ3v) is 4.61. The van der Waals surface area contributed by atoms with Gasteiger partial charge in [0, 0.05) is 19.1 Å². The van der Waals surface area contributed by atoms with Gasteiger partial charge in [-0.2, -0.15) is 0 Å². The second kappa shape index (κ2) is 6.27. The number of benzene rings is 1. The van der Waals surface area contributed by atoms with E-state index in [0.717, 1.165) is 25.2 Å². The minimum Gasteiger partial charge on any atom is -0.423 e. The summed E-state index contributed by atoms with van der Waals surface area (Å²) in [5, 5.41) is 18.9. The molecular formula is C15H23BN2O2. The summed E-state index contributed by atoms with van der Waals surface area (Å²) in [6.45, 7) is 5.49. The van der Waals surface area contributed by atoms with Crippen LogP contribution in [0.1, 0.15) is 24.8 Å². The Morgan fingerprint density at radius 1 is 1.10 bits per heavy atom. The van der Waals surface area contributed by atoms with Crippen molar-refractivity contribution < 1.29 is 10.0 Å². The van der Waals surface area contributed by atoms with E-state index in [1.807, 2.05) is 18.2 Å². The topological polar surface area (TPSA) is 46.9 Å². The van der Waals surface area contributed by atoms with Crippen LogP contribution in [0.4, 0.5) is 0 Å². The maximum atomic E-state index is 9.47. The molecular weight excluding hydrogens is 251 g/mol. The lowest BCUT2D eigenvalue weighted by molar-refractivity contribution is 0.215. The first-order chi connectivity index (χ1) is 9.74. The van der Waals surface area contributed by atoms with Gasteiger partial charge in [-0.25, -0.2) is 0 Å². The van der Waals surface area contributed by atoms with Crippen molar-refractivity contribution in [3.8, 4) is 0 Å². The maximum Gasteiger partial charge on any atom is 0.488 e. The molecule has 0 radical (unpaired) electrons. The minimum atomic E-state index is -1.37. The quantitative estimate of drug-likeness (QED) is 0.764. The largest absolute Gasteiger partial charge is 0.488 e. The highest BCUT2D eigenvalue weighted by Gasteiger charge is 2.29. The Morgan fingerprint density at radius 2 is 1.90 bits per heavy atom. The van der Waals surface area contributed by atoms with E-state index in [0.29, 0.717) is 11.5 Å². The van der Waals surface area contributed by atoms with Gasteiger partial charge in [-0.15, -0.1) is 0 Å². The van der Waals surface area contributed by atoms with Crippen molar-refractivity contribution in [3.05, 3.63) is 29.8 Å². The van der Waals surface area contributed by atoms with Gasteiger partial charge in [0.1, 0.15) is 0 Å². The van der Waals surface area contributed by atoms with E-state index in [2.05, 4.69) is 9.80 Å². The first-order valence-electron chi connectivity index (χ1n) is 7.64. The van der Waals surface area contributed by atoms with Gasteiger partial charge in [-0.3, -0.25) is 9.80 Å². The highest BCUT2D eigenvalue weighted by Crippen LogP contribution is 2.22. The molecule has 2 aliphatic heterocycles. The molecule has 2 saturated heterocycles. The average Bonchev–Trinajstić information content (AvgIpc) is 2.78. The molecule has 2 heterocycles. The van der Waals surface area contributed by atoms with Crippen molar-refractivity contribution in [2.75, 3.05) is 26.2 Å². The van der Waals surface area contributed by atoms with Gasteiger partial charge in [0.05, 0.1) is 0 Å². The summed E-state index contributed by atoms with van der Waals surface area (Å²) >= 11 is 0. The molecule has 2 aliphatic rings. The molecule has 3 rings (SSSR count). The van der Waals surface area contributed by atoms with Crippen molar-refractivity contribution >= 4 is 12.6 Å². The molecule has 1 atom stereocenters. The molecule has 4 nitrogen and oxygen atoms in total. The molecule has 108 valence electrons. The predicted octanol–water partition coefficient (Wildman–Crippen LogP) is 0.0365. The number of rotatable bonds is 3. The highest BCUT2D eigenvalue weighted by molar-refractivity contribution is 6.59. The Morgan fingerprint density at radius 3 is 2.75 bits per heavy atom. The normalized spacial score (nSPS) is 24.4. The van der Waals surface area contributed by atoms with Crippen molar-refractivity contribution in [2.24, 2.45) is 0 Å². The Kier molecular flexibility index (Phi) is 4.41. The van der Waals surface area contributed by atoms with Crippen molar-refractivity contribution in [3.63, 3.8) is 0 Å². The Hall–Kier alpha value is -0.875. The van der Waals surface area contributed by atoms with Crippen LogP contribution in [-0.2, 0) is 6.54 Å². The lowest BCUT2D eigenvalue weighted by Crippen LogP contribution is -2.39. The number of nitrogens with zero attached hydrogens (tertiary/aromatic N) is 2. The van der Waals surface area contributed by atoms with E-state index in [4.69, 9.17) is 0 Å². The summed E-state index contributed by atoms with van der Waals surface area (Å²) in [6.07, 6.45) is 3.84. The molecule has 0 bridgehead atoms. The zero-order valence-corrected chi connectivity index (χ0v) is 11.9. The molecule has 20 heavy (non-hydrogen) atoms. The summed E-state index contributed by atoms with van der Waals surface area (Å²) in [5.74, 6) is 0. The smallest absolute Gasteiger partial charge is 0.423 e. The van der Waals surface area contributed by atoms with Crippen LogP contribution in [0.2, 0.25) is 0 Å². The fourth-order valence-electron chi connectivity index (χ4n) is 3.60. The Balaban J connectivity index is 1.71. The van der Waals surface area contributed by atoms with Crippen LogP contribution in [-0.4, -0.2) is 59.2 Å².